The fraction of sp³-hybridized carbons (Fsp3) is 0.474. The van der Waals surface area contributed by atoms with Gasteiger partial charge < -0.3 is 15.1 Å². The topological polar surface area (TPSA) is 65.7 Å². The molecule has 0 saturated heterocycles. The summed E-state index contributed by atoms with van der Waals surface area (Å²) in [6, 6.07) is 10.4. The second kappa shape index (κ2) is 11.9. The van der Waals surface area contributed by atoms with Crippen LogP contribution in [0.2, 0.25) is 0 Å². The van der Waals surface area contributed by atoms with Crippen molar-refractivity contribution < 1.29 is 4.42 Å². The molecule has 0 saturated carbocycles. The number of rotatable bonds is 8. The largest absolute Gasteiger partial charge is 0.444 e. The summed E-state index contributed by atoms with van der Waals surface area (Å²) < 4.78 is 5.55. The SMILES string of the molecule is CCN(CCNC(=NC)NCc1coc(-c2ccccc2)n1)C(C)C.I. The van der Waals surface area contributed by atoms with Gasteiger partial charge in [-0.15, -0.1) is 24.0 Å². The Hall–Kier alpha value is -1.61. The van der Waals surface area contributed by atoms with Gasteiger partial charge in [0.2, 0.25) is 5.89 Å². The molecule has 0 atom stereocenters. The van der Waals surface area contributed by atoms with Gasteiger partial charge in [-0.25, -0.2) is 4.98 Å². The fourth-order valence-electron chi connectivity index (χ4n) is 2.60. The van der Waals surface area contributed by atoms with Gasteiger partial charge in [-0.2, -0.15) is 0 Å². The first-order valence-corrected chi connectivity index (χ1v) is 8.82. The van der Waals surface area contributed by atoms with E-state index >= 15 is 0 Å². The molecule has 1 aromatic heterocycles. The molecule has 0 aliphatic rings. The Bertz CT molecular complexity index is 657. The van der Waals surface area contributed by atoms with Crippen LogP contribution in [0, 0.1) is 0 Å². The van der Waals surface area contributed by atoms with E-state index in [0.29, 0.717) is 18.5 Å². The molecule has 2 N–H and O–H groups in total. The van der Waals surface area contributed by atoms with Crippen LogP contribution in [-0.4, -0.2) is 48.6 Å². The van der Waals surface area contributed by atoms with Crippen LogP contribution in [0.15, 0.2) is 46.0 Å². The number of hydrogen-bond acceptors (Lipinski definition) is 4. The highest BCUT2D eigenvalue weighted by Crippen LogP contribution is 2.17. The Kier molecular flexibility index (Phi) is 10.3. The van der Waals surface area contributed by atoms with E-state index in [2.05, 4.69) is 46.3 Å². The van der Waals surface area contributed by atoms with E-state index in [1.807, 2.05) is 30.3 Å². The first kappa shape index (κ1) is 22.4. The normalized spacial score (nSPS) is 11.5. The standard InChI is InChI=1S/C19H29N5O.HI/c1-5-24(15(2)3)12-11-21-19(20-4)22-13-17-14-25-18(23-17)16-9-7-6-8-10-16;/h6-10,14-15H,5,11-13H2,1-4H3,(H2,20,21,22);1H. The number of aromatic nitrogens is 1. The van der Waals surface area contributed by atoms with Crippen LogP contribution in [0.5, 0.6) is 0 Å². The summed E-state index contributed by atoms with van der Waals surface area (Å²) in [6.45, 7) is 10.1. The lowest BCUT2D eigenvalue weighted by Gasteiger charge is -2.25. The van der Waals surface area contributed by atoms with Crippen molar-refractivity contribution in [2.75, 3.05) is 26.7 Å². The van der Waals surface area contributed by atoms with Gasteiger partial charge in [-0.1, -0.05) is 25.1 Å². The van der Waals surface area contributed by atoms with E-state index < -0.39 is 0 Å². The van der Waals surface area contributed by atoms with Gasteiger partial charge in [0, 0.05) is 31.7 Å². The molecule has 6 nitrogen and oxygen atoms in total. The summed E-state index contributed by atoms with van der Waals surface area (Å²) in [7, 11) is 1.77. The van der Waals surface area contributed by atoms with Gasteiger partial charge in [0.1, 0.15) is 6.26 Å². The van der Waals surface area contributed by atoms with Crippen molar-refractivity contribution in [2.24, 2.45) is 4.99 Å². The van der Waals surface area contributed by atoms with Gasteiger partial charge in [-0.3, -0.25) is 9.89 Å². The number of oxazole rings is 1. The monoisotopic (exact) mass is 471 g/mol. The molecule has 0 amide bonds. The van der Waals surface area contributed by atoms with Crippen molar-refractivity contribution in [2.45, 2.75) is 33.4 Å². The summed E-state index contributed by atoms with van der Waals surface area (Å²) in [5, 5.41) is 6.61. The third-order valence-electron chi connectivity index (χ3n) is 4.06. The van der Waals surface area contributed by atoms with Crippen LogP contribution < -0.4 is 10.6 Å². The summed E-state index contributed by atoms with van der Waals surface area (Å²) >= 11 is 0. The van der Waals surface area contributed by atoms with E-state index in [9.17, 15) is 0 Å². The number of nitrogens with zero attached hydrogens (tertiary/aromatic N) is 3. The summed E-state index contributed by atoms with van der Waals surface area (Å²) in [5.74, 6) is 1.40. The van der Waals surface area contributed by atoms with Gasteiger partial charge in [0.25, 0.3) is 0 Å². The molecule has 0 unspecified atom stereocenters. The number of hydrogen-bond donors (Lipinski definition) is 2. The molecule has 2 aromatic rings. The lowest BCUT2D eigenvalue weighted by Crippen LogP contribution is -2.42. The first-order chi connectivity index (χ1) is 12.1. The third-order valence-corrected chi connectivity index (χ3v) is 4.06. The molecule has 0 spiro atoms. The number of halogens is 1. The molecule has 1 aromatic carbocycles. The maximum Gasteiger partial charge on any atom is 0.226 e. The maximum absolute atomic E-state index is 5.55. The molecule has 0 aliphatic heterocycles. The maximum atomic E-state index is 5.55. The van der Waals surface area contributed by atoms with Crippen molar-refractivity contribution >= 4 is 29.9 Å². The summed E-state index contributed by atoms with van der Waals surface area (Å²) in [5.41, 5.74) is 1.82. The third kappa shape index (κ3) is 6.95. The highest BCUT2D eigenvalue weighted by molar-refractivity contribution is 14.0. The van der Waals surface area contributed by atoms with E-state index in [1.165, 1.54) is 0 Å². The van der Waals surface area contributed by atoms with Crippen LogP contribution in [-0.2, 0) is 6.54 Å². The van der Waals surface area contributed by atoms with Crippen molar-refractivity contribution in [3.05, 3.63) is 42.3 Å². The Balaban J connectivity index is 0.00000338. The number of benzene rings is 1. The van der Waals surface area contributed by atoms with Gasteiger partial charge in [-0.05, 0) is 32.5 Å². The average Bonchev–Trinajstić information content (AvgIpc) is 3.10. The quantitative estimate of drug-likeness (QED) is 0.351. The second-order valence-corrected chi connectivity index (χ2v) is 6.08. The summed E-state index contributed by atoms with van der Waals surface area (Å²) in [6.07, 6.45) is 1.68. The Morgan fingerprint density at radius 2 is 1.96 bits per heavy atom. The molecule has 0 fully saturated rings. The van der Waals surface area contributed by atoms with Crippen molar-refractivity contribution in [1.29, 1.82) is 0 Å². The molecule has 0 aliphatic carbocycles. The minimum Gasteiger partial charge on any atom is -0.444 e. The highest BCUT2D eigenvalue weighted by Gasteiger charge is 2.08. The predicted octanol–water partition coefficient (Wildman–Crippen LogP) is 3.35. The van der Waals surface area contributed by atoms with Crippen molar-refractivity contribution in [1.82, 2.24) is 20.5 Å². The number of likely N-dealkylation sites (N-methyl/N-ethyl adjacent to an activating group) is 1. The number of guanidine groups is 1. The first-order valence-electron chi connectivity index (χ1n) is 8.82. The zero-order valence-electron chi connectivity index (χ0n) is 16.0. The van der Waals surface area contributed by atoms with Crippen molar-refractivity contribution in [3.8, 4) is 11.5 Å². The van der Waals surface area contributed by atoms with Crippen LogP contribution in [0.4, 0.5) is 0 Å². The number of nitrogens with one attached hydrogen (secondary N) is 2. The zero-order chi connectivity index (χ0) is 18.1. The molecular formula is C19H30IN5O. The smallest absolute Gasteiger partial charge is 0.226 e. The fourth-order valence-corrected chi connectivity index (χ4v) is 2.60. The van der Waals surface area contributed by atoms with Gasteiger partial charge in [0.05, 0.1) is 12.2 Å². The molecule has 0 bridgehead atoms. The van der Waals surface area contributed by atoms with Crippen LogP contribution in [0.1, 0.15) is 26.5 Å². The average molecular weight is 471 g/mol. The summed E-state index contributed by atoms with van der Waals surface area (Å²) in [4.78, 5) is 11.2. The van der Waals surface area contributed by atoms with Crippen LogP contribution in [0.25, 0.3) is 11.5 Å². The lowest BCUT2D eigenvalue weighted by atomic mass is 10.2. The molecule has 0 radical (unpaired) electrons. The Labute approximate surface area is 173 Å². The molecular weight excluding hydrogens is 441 g/mol. The van der Waals surface area contributed by atoms with E-state index in [1.54, 1.807) is 13.3 Å². The number of aliphatic imine (C=N–C) groups is 1. The van der Waals surface area contributed by atoms with E-state index in [-0.39, 0.29) is 24.0 Å². The van der Waals surface area contributed by atoms with Gasteiger partial charge in [0.15, 0.2) is 5.96 Å². The second-order valence-electron chi connectivity index (χ2n) is 6.08. The van der Waals surface area contributed by atoms with Crippen LogP contribution in [0.3, 0.4) is 0 Å². The molecule has 2 rings (SSSR count). The molecule has 1 heterocycles. The molecule has 144 valence electrons. The van der Waals surface area contributed by atoms with Gasteiger partial charge >= 0.3 is 0 Å². The van der Waals surface area contributed by atoms with Crippen LogP contribution >= 0.6 is 24.0 Å². The minimum absolute atomic E-state index is 0. The zero-order valence-corrected chi connectivity index (χ0v) is 18.4. The Morgan fingerprint density at radius 3 is 2.58 bits per heavy atom. The lowest BCUT2D eigenvalue weighted by molar-refractivity contribution is 0.237. The van der Waals surface area contributed by atoms with E-state index in [4.69, 9.17) is 4.42 Å². The highest BCUT2D eigenvalue weighted by atomic mass is 127. The van der Waals surface area contributed by atoms with Crippen molar-refractivity contribution in [3.63, 3.8) is 0 Å². The van der Waals surface area contributed by atoms with E-state index in [0.717, 1.165) is 36.9 Å². The predicted molar refractivity (Wildman–Crippen MR) is 118 cm³/mol. The Morgan fingerprint density at radius 1 is 1.23 bits per heavy atom. The molecule has 26 heavy (non-hydrogen) atoms. The molecule has 7 heteroatoms. The minimum atomic E-state index is 0.